The van der Waals surface area contributed by atoms with Gasteiger partial charge in [0, 0.05) is 13.0 Å². The molecule has 4 N–H and O–H groups in total. The van der Waals surface area contributed by atoms with Crippen LogP contribution in [0.2, 0.25) is 0 Å². The Labute approximate surface area is 110 Å². The molecule has 2 fully saturated rings. The summed E-state index contributed by atoms with van der Waals surface area (Å²) in [6.07, 6.45) is 6.42. The number of imide groups is 1. The van der Waals surface area contributed by atoms with E-state index >= 15 is 0 Å². The Balaban J connectivity index is 2.10. The van der Waals surface area contributed by atoms with Gasteiger partial charge in [0.1, 0.15) is 5.54 Å². The predicted molar refractivity (Wildman–Crippen MR) is 66.6 cm³/mol. The van der Waals surface area contributed by atoms with E-state index in [2.05, 4.69) is 16.6 Å². The second-order valence-electron chi connectivity index (χ2n) is 4.87. The number of nitrogens with zero attached hydrogens (tertiary/aromatic N) is 1. The SMILES string of the molecule is C#CCC(N)C(=O)N1CCCC2(C1)NC(=O)NC2=O. The van der Waals surface area contributed by atoms with Gasteiger partial charge in [-0.2, -0.15) is 0 Å². The van der Waals surface area contributed by atoms with E-state index in [-0.39, 0.29) is 24.8 Å². The first-order chi connectivity index (χ1) is 8.98. The van der Waals surface area contributed by atoms with Crippen LogP contribution in [0.5, 0.6) is 0 Å². The Morgan fingerprint density at radius 3 is 2.89 bits per heavy atom. The molecule has 2 unspecified atom stereocenters. The first kappa shape index (κ1) is 13.4. The molecule has 2 heterocycles. The topological polar surface area (TPSA) is 105 Å². The summed E-state index contributed by atoms with van der Waals surface area (Å²) in [6.45, 7) is 0.656. The minimum Gasteiger partial charge on any atom is -0.338 e. The minimum absolute atomic E-state index is 0.141. The van der Waals surface area contributed by atoms with Gasteiger partial charge in [-0.25, -0.2) is 4.79 Å². The Hall–Kier alpha value is -2.07. The lowest BCUT2D eigenvalue weighted by molar-refractivity contribution is -0.137. The fourth-order valence-corrected chi connectivity index (χ4v) is 2.51. The Morgan fingerprint density at radius 2 is 2.32 bits per heavy atom. The number of rotatable bonds is 2. The maximum absolute atomic E-state index is 12.1. The van der Waals surface area contributed by atoms with Crippen molar-refractivity contribution in [2.45, 2.75) is 30.8 Å². The number of amides is 4. The van der Waals surface area contributed by atoms with Gasteiger partial charge in [-0.15, -0.1) is 12.3 Å². The molecule has 0 saturated carbocycles. The number of piperidine rings is 1. The summed E-state index contributed by atoms with van der Waals surface area (Å²) in [6, 6.07) is -1.28. The van der Waals surface area contributed by atoms with E-state index in [1.54, 1.807) is 0 Å². The number of hydrogen-bond donors (Lipinski definition) is 3. The maximum atomic E-state index is 12.1. The summed E-state index contributed by atoms with van der Waals surface area (Å²) < 4.78 is 0. The van der Waals surface area contributed by atoms with Gasteiger partial charge in [0.25, 0.3) is 5.91 Å². The highest BCUT2D eigenvalue weighted by Crippen LogP contribution is 2.24. The van der Waals surface area contributed by atoms with Crippen LogP contribution in [0.15, 0.2) is 0 Å². The molecule has 0 bridgehead atoms. The van der Waals surface area contributed by atoms with E-state index in [1.807, 2.05) is 0 Å². The molecule has 0 aromatic heterocycles. The van der Waals surface area contributed by atoms with Crippen molar-refractivity contribution < 1.29 is 14.4 Å². The number of carbonyl (C=O) groups is 3. The van der Waals surface area contributed by atoms with E-state index in [0.717, 1.165) is 0 Å². The molecule has 7 nitrogen and oxygen atoms in total. The van der Waals surface area contributed by atoms with Gasteiger partial charge in [0.2, 0.25) is 5.91 Å². The molecule has 19 heavy (non-hydrogen) atoms. The monoisotopic (exact) mass is 264 g/mol. The largest absolute Gasteiger partial charge is 0.338 e. The third kappa shape index (κ3) is 2.39. The van der Waals surface area contributed by atoms with Crippen LogP contribution < -0.4 is 16.4 Å². The lowest BCUT2D eigenvalue weighted by atomic mass is 9.89. The number of likely N-dealkylation sites (tertiary alicyclic amines) is 1. The van der Waals surface area contributed by atoms with Crippen LogP contribution in [-0.4, -0.2) is 47.4 Å². The van der Waals surface area contributed by atoms with Crippen molar-refractivity contribution in [2.75, 3.05) is 13.1 Å². The summed E-state index contributed by atoms with van der Waals surface area (Å²) >= 11 is 0. The molecule has 0 aromatic carbocycles. The Kier molecular flexibility index (Phi) is 3.44. The second kappa shape index (κ2) is 4.90. The van der Waals surface area contributed by atoms with E-state index in [0.29, 0.717) is 19.4 Å². The van der Waals surface area contributed by atoms with Gasteiger partial charge < -0.3 is 16.0 Å². The van der Waals surface area contributed by atoms with Crippen molar-refractivity contribution in [1.82, 2.24) is 15.5 Å². The smallest absolute Gasteiger partial charge is 0.322 e. The van der Waals surface area contributed by atoms with Crippen LogP contribution in [0.25, 0.3) is 0 Å². The summed E-state index contributed by atoms with van der Waals surface area (Å²) in [5.41, 5.74) is 4.67. The van der Waals surface area contributed by atoms with E-state index < -0.39 is 17.6 Å². The molecular weight excluding hydrogens is 248 g/mol. The average molecular weight is 264 g/mol. The molecule has 2 aliphatic rings. The van der Waals surface area contributed by atoms with Crippen LogP contribution in [-0.2, 0) is 9.59 Å². The summed E-state index contributed by atoms with van der Waals surface area (Å²) in [7, 11) is 0. The van der Waals surface area contributed by atoms with Crippen molar-refractivity contribution in [3.63, 3.8) is 0 Å². The molecule has 2 atom stereocenters. The highest BCUT2D eigenvalue weighted by atomic mass is 16.2. The van der Waals surface area contributed by atoms with Gasteiger partial charge in [-0.3, -0.25) is 14.9 Å². The molecule has 4 amide bonds. The maximum Gasteiger partial charge on any atom is 0.322 e. The van der Waals surface area contributed by atoms with Crippen molar-refractivity contribution >= 4 is 17.8 Å². The molecule has 2 aliphatic heterocycles. The van der Waals surface area contributed by atoms with Gasteiger partial charge >= 0.3 is 6.03 Å². The standard InChI is InChI=1S/C12H16N4O3/c1-2-4-8(13)9(17)16-6-3-5-12(7-16)10(18)14-11(19)15-12/h1,8H,3-7,13H2,(H2,14,15,18,19). The molecule has 2 rings (SSSR count). The second-order valence-corrected chi connectivity index (χ2v) is 4.87. The van der Waals surface area contributed by atoms with Gasteiger partial charge in [-0.1, -0.05) is 0 Å². The van der Waals surface area contributed by atoms with Crippen molar-refractivity contribution in [3.8, 4) is 12.3 Å². The van der Waals surface area contributed by atoms with Crippen molar-refractivity contribution in [2.24, 2.45) is 5.73 Å². The zero-order chi connectivity index (χ0) is 14.0. The predicted octanol–water partition coefficient (Wildman–Crippen LogP) is -1.46. The molecule has 0 radical (unpaired) electrons. The number of carbonyl (C=O) groups excluding carboxylic acids is 3. The average Bonchev–Trinajstić information content (AvgIpc) is 2.63. The van der Waals surface area contributed by atoms with E-state index in [4.69, 9.17) is 12.2 Å². The molecular formula is C12H16N4O3. The fraction of sp³-hybridized carbons (Fsp3) is 0.583. The fourth-order valence-electron chi connectivity index (χ4n) is 2.51. The number of nitrogens with two attached hydrogens (primary N) is 1. The zero-order valence-electron chi connectivity index (χ0n) is 10.4. The lowest BCUT2D eigenvalue weighted by Gasteiger charge is -2.38. The highest BCUT2D eigenvalue weighted by molar-refractivity contribution is 6.07. The number of nitrogens with one attached hydrogen (secondary N) is 2. The van der Waals surface area contributed by atoms with Gasteiger partial charge in [0.15, 0.2) is 0 Å². The van der Waals surface area contributed by atoms with Crippen LogP contribution in [0.4, 0.5) is 4.79 Å². The molecule has 1 spiro atoms. The van der Waals surface area contributed by atoms with Gasteiger partial charge in [-0.05, 0) is 12.8 Å². The Bertz CT molecular complexity index is 470. The molecule has 2 saturated heterocycles. The first-order valence-electron chi connectivity index (χ1n) is 6.10. The molecule has 0 aliphatic carbocycles. The highest BCUT2D eigenvalue weighted by Gasteiger charge is 2.49. The summed E-state index contributed by atoms with van der Waals surface area (Å²) in [4.78, 5) is 36.6. The van der Waals surface area contributed by atoms with Gasteiger partial charge in [0.05, 0.1) is 12.6 Å². The van der Waals surface area contributed by atoms with Crippen molar-refractivity contribution in [3.05, 3.63) is 0 Å². The minimum atomic E-state index is -1.01. The van der Waals surface area contributed by atoms with Crippen LogP contribution in [0, 0.1) is 12.3 Å². The number of urea groups is 1. The molecule has 102 valence electrons. The summed E-state index contributed by atoms with van der Waals surface area (Å²) in [5, 5.41) is 4.80. The molecule has 7 heteroatoms. The zero-order valence-corrected chi connectivity index (χ0v) is 10.4. The van der Waals surface area contributed by atoms with Crippen LogP contribution in [0.3, 0.4) is 0 Å². The van der Waals surface area contributed by atoms with E-state index in [1.165, 1.54) is 4.90 Å². The summed E-state index contributed by atoms with van der Waals surface area (Å²) in [5.74, 6) is 1.67. The Morgan fingerprint density at radius 1 is 1.58 bits per heavy atom. The van der Waals surface area contributed by atoms with Crippen LogP contribution >= 0.6 is 0 Å². The third-order valence-corrected chi connectivity index (χ3v) is 3.47. The van der Waals surface area contributed by atoms with Crippen molar-refractivity contribution in [1.29, 1.82) is 0 Å². The van der Waals surface area contributed by atoms with Crippen LogP contribution in [0.1, 0.15) is 19.3 Å². The van der Waals surface area contributed by atoms with E-state index in [9.17, 15) is 14.4 Å². The third-order valence-electron chi connectivity index (χ3n) is 3.47. The number of terminal acetylenes is 1. The lowest BCUT2D eigenvalue weighted by Crippen LogP contribution is -2.61. The first-order valence-corrected chi connectivity index (χ1v) is 6.10. The number of hydrogen-bond acceptors (Lipinski definition) is 4. The quantitative estimate of drug-likeness (QED) is 0.418. The molecule has 0 aromatic rings. The normalized spacial score (nSPS) is 27.7.